The van der Waals surface area contributed by atoms with Gasteiger partial charge in [-0.2, -0.15) is 0 Å². The summed E-state index contributed by atoms with van der Waals surface area (Å²) >= 11 is 0. The zero-order chi connectivity index (χ0) is 12.0. The lowest BCUT2D eigenvalue weighted by atomic mass is 10.1. The number of anilines is 1. The maximum atomic E-state index is 10.9. The van der Waals surface area contributed by atoms with Gasteiger partial charge in [0.25, 0.3) is 0 Å². The highest BCUT2D eigenvalue weighted by atomic mass is 16.5. The predicted molar refractivity (Wildman–Crippen MR) is 63.1 cm³/mol. The molecule has 0 aliphatic heterocycles. The highest BCUT2D eigenvalue weighted by Crippen LogP contribution is 2.22. The standard InChI is InChI=1S/C12H15NO3/c1-15-11-8-9(6-7-10(11)13)4-3-5-12(14)16-2/h3-4,6-8H,5,13H2,1-2H3. The van der Waals surface area contributed by atoms with Crippen LogP contribution in [0.5, 0.6) is 5.75 Å². The van der Waals surface area contributed by atoms with E-state index in [-0.39, 0.29) is 12.4 Å². The second-order valence-corrected chi connectivity index (χ2v) is 3.18. The van der Waals surface area contributed by atoms with Crippen LogP contribution in [0.4, 0.5) is 5.69 Å². The topological polar surface area (TPSA) is 61.5 Å². The minimum atomic E-state index is -0.265. The van der Waals surface area contributed by atoms with Crippen LogP contribution in [0.15, 0.2) is 24.3 Å². The molecule has 0 aliphatic carbocycles. The number of carbonyl (C=O) groups excluding carboxylic acids is 1. The van der Waals surface area contributed by atoms with E-state index in [0.29, 0.717) is 11.4 Å². The Balaban J connectivity index is 2.70. The summed E-state index contributed by atoms with van der Waals surface area (Å²) in [5.41, 5.74) is 7.19. The fourth-order valence-electron chi connectivity index (χ4n) is 1.21. The van der Waals surface area contributed by atoms with Gasteiger partial charge in [0.2, 0.25) is 0 Å². The van der Waals surface area contributed by atoms with E-state index >= 15 is 0 Å². The van der Waals surface area contributed by atoms with Crippen molar-refractivity contribution < 1.29 is 14.3 Å². The molecule has 0 fully saturated rings. The van der Waals surface area contributed by atoms with Crippen LogP contribution in [0.25, 0.3) is 6.08 Å². The third-order valence-electron chi connectivity index (χ3n) is 2.08. The summed E-state index contributed by atoms with van der Waals surface area (Å²) in [7, 11) is 2.93. The van der Waals surface area contributed by atoms with Gasteiger partial charge in [-0.3, -0.25) is 4.79 Å². The van der Waals surface area contributed by atoms with Crippen LogP contribution in [0.2, 0.25) is 0 Å². The molecule has 1 aromatic carbocycles. The van der Waals surface area contributed by atoms with Crippen molar-refractivity contribution in [3.05, 3.63) is 29.8 Å². The molecule has 0 aliphatic rings. The van der Waals surface area contributed by atoms with Gasteiger partial charge in [-0.1, -0.05) is 18.2 Å². The number of nitrogens with two attached hydrogens (primary N) is 1. The van der Waals surface area contributed by atoms with Crippen molar-refractivity contribution in [1.29, 1.82) is 0 Å². The van der Waals surface area contributed by atoms with Crippen LogP contribution >= 0.6 is 0 Å². The molecule has 4 heteroatoms. The van der Waals surface area contributed by atoms with Crippen molar-refractivity contribution in [2.75, 3.05) is 20.0 Å². The number of methoxy groups -OCH3 is 2. The number of ether oxygens (including phenoxy) is 2. The SMILES string of the molecule is COC(=O)CC=Cc1ccc(N)c(OC)c1. The van der Waals surface area contributed by atoms with E-state index < -0.39 is 0 Å². The minimum absolute atomic E-state index is 0.253. The number of benzene rings is 1. The van der Waals surface area contributed by atoms with Crippen molar-refractivity contribution >= 4 is 17.7 Å². The fraction of sp³-hybridized carbons (Fsp3) is 0.250. The lowest BCUT2D eigenvalue weighted by Gasteiger charge is -2.04. The Kier molecular flexibility index (Phi) is 4.39. The van der Waals surface area contributed by atoms with E-state index in [2.05, 4.69) is 4.74 Å². The van der Waals surface area contributed by atoms with Crippen LogP contribution in [-0.4, -0.2) is 20.2 Å². The molecule has 1 aromatic rings. The number of rotatable bonds is 4. The molecule has 2 N–H and O–H groups in total. The summed E-state index contributed by atoms with van der Waals surface area (Å²) in [5.74, 6) is 0.360. The third kappa shape index (κ3) is 3.31. The molecular weight excluding hydrogens is 206 g/mol. The summed E-state index contributed by atoms with van der Waals surface area (Å²) in [6.07, 6.45) is 3.80. The molecule has 4 nitrogen and oxygen atoms in total. The summed E-state index contributed by atoms with van der Waals surface area (Å²) in [6.45, 7) is 0. The largest absolute Gasteiger partial charge is 0.495 e. The monoisotopic (exact) mass is 221 g/mol. The van der Waals surface area contributed by atoms with Crippen LogP contribution < -0.4 is 10.5 Å². The van der Waals surface area contributed by atoms with Crippen molar-refractivity contribution in [2.45, 2.75) is 6.42 Å². The lowest BCUT2D eigenvalue weighted by molar-refractivity contribution is -0.139. The van der Waals surface area contributed by atoms with E-state index in [0.717, 1.165) is 5.56 Å². The van der Waals surface area contributed by atoms with Crippen molar-refractivity contribution in [1.82, 2.24) is 0 Å². The highest BCUT2D eigenvalue weighted by molar-refractivity contribution is 5.72. The maximum absolute atomic E-state index is 10.9. The van der Waals surface area contributed by atoms with Gasteiger partial charge in [-0.15, -0.1) is 0 Å². The van der Waals surface area contributed by atoms with E-state index in [1.807, 2.05) is 18.2 Å². The molecule has 16 heavy (non-hydrogen) atoms. The number of esters is 1. The van der Waals surface area contributed by atoms with E-state index in [4.69, 9.17) is 10.5 Å². The molecule has 0 aromatic heterocycles. The first kappa shape index (κ1) is 12.1. The van der Waals surface area contributed by atoms with Gasteiger partial charge in [0, 0.05) is 0 Å². The Bertz CT molecular complexity index is 399. The van der Waals surface area contributed by atoms with Gasteiger partial charge in [0.05, 0.1) is 26.3 Å². The van der Waals surface area contributed by atoms with Crippen LogP contribution in [0.3, 0.4) is 0 Å². The highest BCUT2D eigenvalue weighted by Gasteiger charge is 1.99. The molecule has 0 heterocycles. The first-order chi connectivity index (χ1) is 7.67. The molecule has 0 bridgehead atoms. The van der Waals surface area contributed by atoms with Gasteiger partial charge in [0.15, 0.2) is 0 Å². The van der Waals surface area contributed by atoms with Crippen molar-refractivity contribution in [2.24, 2.45) is 0 Å². The predicted octanol–water partition coefficient (Wildman–Crippen LogP) is 1.85. The third-order valence-corrected chi connectivity index (χ3v) is 2.08. The quantitative estimate of drug-likeness (QED) is 0.622. The summed E-state index contributed by atoms with van der Waals surface area (Å²) in [4.78, 5) is 10.9. The van der Waals surface area contributed by atoms with E-state index in [9.17, 15) is 4.79 Å². The molecule has 0 spiro atoms. The normalized spacial score (nSPS) is 10.4. The Morgan fingerprint density at radius 1 is 1.44 bits per heavy atom. The van der Waals surface area contributed by atoms with Crippen molar-refractivity contribution in [3.63, 3.8) is 0 Å². The zero-order valence-electron chi connectivity index (χ0n) is 9.40. The second kappa shape index (κ2) is 5.80. The maximum Gasteiger partial charge on any atom is 0.309 e. The summed E-state index contributed by atoms with van der Waals surface area (Å²) < 4.78 is 9.60. The van der Waals surface area contributed by atoms with E-state index in [1.165, 1.54) is 7.11 Å². The Hall–Kier alpha value is -1.97. The molecule has 0 unspecified atom stereocenters. The molecule has 86 valence electrons. The molecule has 1 rings (SSSR count). The average Bonchev–Trinajstić information content (AvgIpc) is 2.31. The first-order valence-electron chi connectivity index (χ1n) is 4.84. The van der Waals surface area contributed by atoms with Gasteiger partial charge in [-0.05, 0) is 17.7 Å². The average molecular weight is 221 g/mol. The van der Waals surface area contributed by atoms with Gasteiger partial charge >= 0.3 is 5.97 Å². The molecular formula is C12H15NO3. The van der Waals surface area contributed by atoms with Gasteiger partial charge in [-0.25, -0.2) is 0 Å². The Morgan fingerprint density at radius 3 is 2.81 bits per heavy atom. The minimum Gasteiger partial charge on any atom is -0.495 e. The second-order valence-electron chi connectivity index (χ2n) is 3.18. The molecule has 0 saturated carbocycles. The smallest absolute Gasteiger partial charge is 0.309 e. The van der Waals surface area contributed by atoms with Crippen LogP contribution in [0.1, 0.15) is 12.0 Å². The number of carbonyl (C=O) groups is 1. The Morgan fingerprint density at radius 2 is 2.19 bits per heavy atom. The van der Waals surface area contributed by atoms with Crippen LogP contribution in [-0.2, 0) is 9.53 Å². The zero-order valence-corrected chi connectivity index (χ0v) is 9.40. The Labute approximate surface area is 94.7 Å². The van der Waals surface area contributed by atoms with Crippen molar-refractivity contribution in [3.8, 4) is 5.75 Å². The van der Waals surface area contributed by atoms with E-state index in [1.54, 1.807) is 19.3 Å². The molecule has 0 radical (unpaired) electrons. The molecule has 0 amide bonds. The first-order valence-corrected chi connectivity index (χ1v) is 4.84. The van der Waals surface area contributed by atoms with Crippen LogP contribution in [0, 0.1) is 0 Å². The fourth-order valence-corrected chi connectivity index (χ4v) is 1.21. The molecule has 0 saturated heterocycles. The number of hydrogen-bond acceptors (Lipinski definition) is 4. The van der Waals surface area contributed by atoms with Gasteiger partial charge in [0.1, 0.15) is 5.75 Å². The number of nitrogen functional groups attached to an aromatic ring is 1. The molecule has 0 atom stereocenters. The van der Waals surface area contributed by atoms with Gasteiger partial charge < -0.3 is 15.2 Å². The lowest BCUT2D eigenvalue weighted by Crippen LogP contribution is -1.96. The summed E-state index contributed by atoms with van der Waals surface area (Å²) in [6, 6.07) is 5.42. The summed E-state index contributed by atoms with van der Waals surface area (Å²) in [5, 5.41) is 0. The number of hydrogen-bond donors (Lipinski definition) is 1.